The van der Waals surface area contributed by atoms with Gasteiger partial charge in [0.15, 0.2) is 0 Å². The fourth-order valence-corrected chi connectivity index (χ4v) is 3.85. The van der Waals surface area contributed by atoms with E-state index in [0.29, 0.717) is 5.56 Å². The first-order chi connectivity index (χ1) is 13.3. The van der Waals surface area contributed by atoms with E-state index in [1.807, 2.05) is 48.5 Å². The summed E-state index contributed by atoms with van der Waals surface area (Å²) in [6, 6.07) is 24.2. The van der Waals surface area contributed by atoms with Crippen molar-refractivity contribution < 1.29 is 9.53 Å². The van der Waals surface area contributed by atoms with Crippen molar-refractivity contribution in [2.24, 2.45) is 0 Å². The highest BCUT2D eigenvalue weighted by atomic mass is 16.5. The van der Waals surface area contributed by atoms with Gasteiger partial charge in [0.1, 0.15) is 6.61 Å². The van der Waals surface area contributed by atoms with Crippen molar-refractivity contribution in [3.8, 4) is 0 Å². The molecule has 0 atom stereocenters. The van der Waals surface area contributed by atoms with Crippen molar-refractivity contribution in [1.29, 1.82) is 0 Å². The smallest absolute Gasteiger partial charge is 0.338 e. The minimum atomic E-state index is -0.293. The minimum absolute atomic E-state index is 0.286. The van der Waals surface area contributed by atoms with Gasteiger partial charge in [-0.05, 0) is 56.8 Å². The first-order valence-corrected chi connectivity index (χ1v) is 9.15. The van der Waals surface area contributed by atoms with Crippen LogP contribution in [0.4, 0.5) is 0 Å². The zero-order chi connectivity index (χ0) is 18.2. The van der Waals surface area contributed by atoms with Gasteiger partial charge in [-0.25, -0.2) is 4.79 Å². The Hall–Kier alpha value is -3.39. The molecule has 0 aliphatic heterocycles. The Balaban J connectivity index is 1.48. The number of hydrogen-bond donors (Lipinski definition) is 0. The molecule has 1 aliphatic carbocycles. The van der Waals surface area contributed by atoms with Crippen molar-refractivity contribution in [2.75, 3.05) is 0 Å². The van der Waals surface area contributed by atoms with Gasteiger partial charge < -0.3 is 4.74 Å². The average Bonchev–Trinajstić information content (AvgIpc) is 3.21. The zero-order valence-electron chi connectivity index (χ0n) is 14.8. The molecule has 2 heteroatoms. The number of hydrogen-bond acceptors (Lipinski definition) is 2. The van der Waals surface area contributed by atoms with Gasteiger partial charge in [-0.2, -0.15) is 0 Å². The second-order valence-electron chi connectivity index (χ2n) is 6.90. The third-order valence-corrected chi connectivity index (χ3v) is 5.23. The number of ether oxygens (including phenoxy) is 1. The van der Waals surface area contributed by atoms with Gasteiger partial charge >= 0.3 is 5.97 Å². The Morgan fingerprint density at radius 3 is 2.56 bits per heavy atom. The number of benzene rings is 4. The van der Waals surface area contributed by atoms with Crippen LogP contribution in [-0.4, -0.2) is 5.97 Å². The first-order valence-electron chi connectivity index (χ1n) is 9.15. The molecule has 4 aromatic rings. The minimum Gasteiger partial charge on any atom is -0.457 e. The maximum atomic E-state index is 12.4. The van der Waals surface area contributed by atoms with Crippen LogP contribution in [0.15, 0.2) is 78.9 Å². The molecule has 0 saturated heterocycles. The number of allylic oxidation sites excluding steroid dienone is 1. The molecule has 0 bridgehead atoms. The molecule has 1 aliphatic rings. The lowest BCUT2D eigenvalue weighted by Gasteiger charge is -2.10. The number of rotatable bonds is 3. The predicted molar refractivity (Wildman–Crippen MR) is 110 cm³/mol. The number of carbonyl (C=O) groups is 1. The van der Waals surface area contributed by atoms with E-state index in [1.165, 1.54) is 27.3 Å². The van der Waals surface area contributed by atoms with Crippen LogP contribution in [0, 0.1) is 0 Å². The molecule has 0 amide bonds. The molecule has 0 saturated carbocycles. The molecule has 27 heavy (non-hydrogen) atoms. The lowest BCUT2D eigenvalue weighted by molar-refractivity contribution is 0.0473. The highest BCUT2D eigenvalue weighted by Gasteiger charge is 2.13. The van der Waals surface area contributed by atoms with Crippen molar-refractivity contribution >= 4 is 33.6 Å². The molecule has 5 rings (SSSR count). The summed E-state index contributed by atoms with van der Waals surface area (Å²) in [5, 5.41) is 4.76. The monoisotopic (exact) mass is 350 g/mol. The van der Waals surface area contributed by atoms with E-state index >= 15 is 0 Å². The Morgan fingerprint density at radius 2 is 1.67 bits per heavy atom. The Bertz CT molecular complexity index is 1200. The molecular formula is C25H18O2. The average molecular weight is 350 g/mol. The van der Waals surface area contributed by atoms with Crippen LogP contribution in [0.1, 0.15) is 27.0 Å². The number of esters is 1. The zero-order valence-corrected chi connectivity index (χ0v) is 14.8. The third-order valence-electron chi connectivity index (χ3n) is 5.23. The summed E-state index contributed by atoms with van der Waals surface area (Å²) in [6.07, 6.45) is 5.38. The fraction of sp³-hybridized carbons (Fsp3) is 0.0800. The number of fused-ring (bicyclic) bond motifs is 5. The van der Waals surface area contributed by atoms with Crippen LogP contribution >= 0.6 is 0 Å². The topological polar surface area (TPSA) is 26.3 Å². The van der Waals surface area contributed by atoms with E-state index in [-0.39, 0.29) is 12.6 Å². The summed E-state index contributed by atoms with van der Waals surface area (Å²) in [5.41, 5.74) is 4.27. The van der Waals surface area contributed by atoms with Gasteiger partial charge in [-0.1, -0.05) is 72.8 Å². The molecule has 130 valence electrons. The molecular weight excluding hydrogens is 332 g/mol. The third kappa shape index (κ3) is 2.80. The molecule has 0 heterocycles. The van der Waals surface area contributed by atoms with Crippen molar-refractivity contribution in [2.45, 2.75) is 13.0 Å². The second kappa shape index (κ2) is 6.40. The molecule has 0 unspecified atom stereocenters. The molecule has 0 spiro atoms. The first kappa shape index (κ1) is 15.8. The summed E-state index contributed by atoms with van der Waals surface area (Å²) in [5.74, 6) is -0.293. The molecule has 0 radical (unpaired) electrons. The SMILES string of the molecule is O=C(OCc1ccccc1)c1ccc2c(ccc3c4c(ccc32)C=CC4)c1. The lowest BCUT2D eigenvalue weighted by Crippen LogP contribution is -2.05. The molecule has 2 nitrogen and oxygen atoms in total. The van der Waals surface area contributed by atoms with Gasteiger partial charge in [0.25, 0.3) is 0 Å². The van der Waals surface area contributed by atoms with E-state index in [1.54, 1.807) is 0 Å². The van der Waals surface area contributed by atoms with Crippen LogP contribution in [0.2, 0.25) is 0 Å². The standard InChI is InChI=1S/C25H18O2/c26-25(27-16-17-5-2-1-3-6-17)20-11-12-22-19(15-20)10-14-23-21-8-4-7-18(21)9-13-24(22)23/h1-7,9-15H,8,16H2. The van der Waals surface area contributed by atoms with Crippen molar-refractivity contribution in [3.63, 3.8) is 0 Å². The van der Waals surface area contributed by atoms with E-state index in [9.17, 15) is 4.79 Å². The lowest BCUT2D eigenvalue weighted by atomic mass is 9.95. The summed E-state index contributed by atoms with van der Waals surface area (Å²) >= 11 is 0. The van der Waals surface area contributed by atoms with E-state index < -0.39 is 0 Å². The van der Waals surface area contributed by atoms with Crippen LogP contribution in [0.25, 0.3) is 27.6 Å². The second-order valence-corrected chi connectivity index (χ2v) is 6.90. The normalized spacial score (nSPS) is 12.4. The van der Waals surface area contributed by atoms with Gasteiger partial charge in [-0.15, -0.1) is 0 Å². The summed E-state index contributed by atoms with van der Waals surface area (Å²) in [6.45, 7) is 0.286. The molecule has 0 N–H and O–H groups in total. The molecule has 4 aromatic carbocycles. The Morgan fingerprint density at radius 1 is 0.852 bits per heavy atom. The summed E-state index contributed by atoms with van der Waals surface area (Å²) in [7, 11) is 0. The highest BCUT2D eigenvalue weighted by molar-refractivity contribution is 6.11. The molecule has 0 fully saturated rings. The highest BCUT2D eigenvalue weighted by Crippen LogP contribution is 2.33. The Labute approximate surface area is 157 Å². The summed E-state index contributed by atoms with van der Waals surface area (Å²) in [4.78, 5) is 12.4. The van der Waals surface area contributed by atoms with Gasteiger partial charge in [0.05, 0.1) is 5.56 Å². The van der Waals surface area contributed by atoms with E-state index in [2.05, 4.69) is 36.4 Å². The van der Waals surface area contributed by atoms with Crippen LogP contribution < -0.4 is 0 Å². The number of carbonyl (C=O) groups excluding carboxylic acids is 1. The van der Waals surface area contributed by atoms with Crippen LogP contribution in [-0.2, 0) is 17.8 Å². The Kier molecular flexibility index (Phi) is 3.75. The maximum absolute atomic E-state index is 12.4. The van der Waals surface area contributed by atoms with Crippen LogP contribution in [0.5, 0.6) is 0 Å². The predicted octanol–water partition coefficient (Wildman–Crippen LogP) is 5.92. The van der Waals surface area contributed by atoms with Crippen molar-refractivity contribution in [1.82, 2.24) is 0 Å². The van der Waals surface area contributed by atoms with E-state index in [0.717, 1.165) is 17.4 Å². The van der Waals surface area contributed by atoms with Crippen molar-refractivity contribution in [3.05, 3.63) is 101 Å². The van der Waals surface area contributed by atoms with Gasteiger partial charge in [0, 0.05) is 0 Å². The van der Waals surface area contributed by atoms with E-state index in [4.69, 9.17) is 4.74 Å². The fourth-order valence-electron chi connectivity index (χ4n) is 3.85. The quantitative estimate of drug-likeness (QED) is 0.339. The molecule has 0 aromatic heterocycles. The van der Waals surface area contributed by atoms with Gasteiger partial charge in [-0.3, -0.25) is 0 Å². The largest absolute Gasteiger partial charge is 0.457 e. The van der Waals surface area contributed by atoms with Crippen LogP contribution in [0.3, 0.4) is 0 Å². The maximum Gasteiger partial charge on any atom is 0.338 e. The van der Waals surface area contributed by atoms with Gasteiger partial charge in [0.2, 0.25) is 0 Å². The summed E-state index contributed by atoms with van der Waals surface area (Å²) < 4.78 is 5.46.